The van der Waals surface area contributed by atoms with Gasteiger partial charge in [-0.3, -0.25) is 4.79 Å². The lowest BCUT2D eigenvalue weighted by Crippen LogP contribution is -2.29. The van der Waals surface area contributed by atoms with Crippen LogP contribution in [0, 0.1) is 6.92 Å². The zero-order valence-corrected chi connectivity index (χ0v) is 12.7. The van der Waals surface area contributed by atoms with Gasteiger partial charge in [0.25, 0.3) is 5.91 Å². The van der Waals surface area contributed by atoms with Gasteiger partial charge in [-0.25, -0.2) is 0 Å². The monoisotopic (exact) mass is 330 g/mol. The minimum absolute atomic E-state index is 0.199. The largest absolute Gasteiger partial charge is 0.398 e. The van der Waals surface area contributed by atoms with Gasteiger partial charge in [0.2, 0.25) is 0 Å². The maximum atomic E-state index is 12.0. The lowest BCUT2D eigenvalue weighted by molar-refractivity contribution is 0.0587. The molecule has 0 aliphatic carbocycles. The van der Waals surface area contributed by atoms with E-state index >= 15 is 0 Å². The van der Waals surface area contributed by atoms with E-state index in [0.29, 0.717) is 24.2 Å². The van der Waals surface area contributed by atoms with Crippen LogP contribution in [0.4, 0.5) is 5.69 Å². The van der Waals surface area contributed by atoms with Crippen molar-refractivity contribution < 1.29 is 14.6 Å². The Bertz CT molecular complexity index is 452. The first-order valence-electron chi connectivity index (χ1n) is 5.96. The van der Waals surface area contributed by atoms with Crippen molar-refractivity contribution in [2.45, 2.75) is 19.4 Å². The Balaban J connectivity index is 2.59. The predicted octanol–water partition coefficient (Wildman–Crippen LogP) is 1.47. The molecule has 4 N–H and O–H groups in total. The molecule has 0 saturated heterocycles. The minimum Gasteiger partial charge on any atom is -0.398 e. The van der Waals surface area contributed by atoms with Crippen LogP contribution in [-0.4, -0.2) is 37.4 Å². The number of carbonyl (C=O) groups excluding carboxylic acids is 1. The molecule has 0 fully saturated rings. The maximum Gasteiger partial charge on any atom is 0.251 e. The number of anilines is 1. The van der Waals surface area contributed by atoms with E-state index in [4.69, 9.17) is 10.5 Å². The average molecular weight is 331 g/mol. The predicted molar refractivity (Wildman–Crippen MR) is 78.1 cm³/mol. The fourth-order valence-electron chi connectivity index (χ4n) is 1.66. The number of nitrogens with one attached hydrogen (secondary N) is 1. The summed E-state index contributed by atoms with van der Waals surface area (Å²) in [6, 6.07) is 3.49. The summed E-state index contributed by atoms with van der Waals surface area (Å²) in [5, 5.41) is 12.2. The molecule has 6 heteroatoms. The van der Waals surface area contributed by atoms with E-state index in [1.165, 1.54) is 7.11 Å². The summed E-state index contributed by atoms with van der Waals surface area (Å²) in [7, 11) is 1.52. The van der Waals surface area contributed by atoms with Gasteiger partial charge in [0.15, 0.2) is 0 Å². The van der Waals surface area contributed by atoms with Crippen LogP contribution in [0.25, 0.3) is 0 Å². The molecular formula is C13H19BrN2O3. The summed E-state index contributed by atoms with van der Waals surface area (Å²) in [5.41, 5.74) is 7.66. The average Bonchev–Trinajstić information content (AvgIpc) is 2.33. The fraction of sp³-hybridized carbons (Fsp3) is 0.462. The smallest absolute Gasteiger partial charge is 0.251 e. The van der Waals surface area contributed by atoms with Crippen molar-refractivity contribution in [3.8, 4) is 0 Å². The molecule has 0 aliphatic rings. The molecule has 106 valence electrons. The van der Waals surface area contributed by atoms with E-state index in [2.05, 4.69) is 21.2 Å². The Kier molecular flexibility index (Phi) is 6.27. The molecule has 1 rings (SSSR count). The minimum atomic E-state index is -0.570. The molecule has 19 heavy (non-hydrogen) atoms. The quantitative estimate of drug-likeness (QED) is 0.689. The van der Waals surface area contributed by atoms with Crippen LogP contribution in [0.2, 0.25) is 0 Å². The number of nitrogen functional groups attached to an aromatic ring is 1. The van der Waals surface area contributed by atoms with Crippen molar-refractivity contribution in [3.05, 3.63) is 27.7 Å². The number of halogens is 1. The van der Waals surface area contributed by atoms with Gasteiger partial charge in [0.1, 0.15) is 0 Å². The van der Waals surface area contributed by atoms with Crippen LogP contribution in [0.3, 0.4) is 0 Å². The number of hydrogen-bond acceptors (Lipinski definition) is 4. The Morgan fingerprint density at radius 2 is 2.26 bits per heavy atom. The van der Waals surface area contributed by atoms with Crippen molar-refractivity contribution in [3.63, 3.8) is 0 Å². The van der Waals surface area contributed by atoms with Gasteiger partial charge >= 0.3 is 0 Å². The Morgan fingerprint density at radius 3 is 2.89 bits per heavy atom. The number of rotatable bonds is 6. The second-order valence-electron chi connectivity index (χ2n) is 4.32. The van der Waals surface area contributed by atoms with Gasteiger partial charge in [0.05, 0.1) is 12.7 Å². The molecule has 0 heterocycles. The van der Waals surface area contributed by atoms with Crippen molar-refractivity contribution in [1.29, 1.82) is 0 Å². The standard InChI is InChI=1S/C13H19BrN2O3/c1-8-11(5-9(14)6-12(8)15)13(18)16-4-3-10(17)7-19-2/h5-6,10,17H,3-4,7,15H2,1-2H3,(H,16,18). The van der Waals surface area contributed by atoms with E-state index in [9.17, 15) is 9.90 Å². The number of hydrogen-bond donors (Lipinski definition) is 3. The number of aliphatic hydroxyl groups is 1. The molecule has 0 bridgehead atoms. The third-order valence-electron chi connectivity index (χ3n) is 2.78. The lowest BCUT2D eigenvalue weighted by atomic mass is 10.1. The van der Waals surface area contributed by atoms with E-state index in [1.54, 1.807) is 19.1 Å². The number of amides is 1. The fourth-order valence-corrected chi connectivity index (χ4v) is 2.13. The van der Waals surface area contributed by atoms with Crippen LogP contribution >= 0.6 is 15.9 Å². The van der Waals surface area contributed by atoms with Crippen LogP contribution in [0.1, 0.15) is 22.3 Å². The number of nitrogens with two attached hydrogens (primary N) is 1. The first-order valence-corrected chi connectivity index (χ1v) is 6.75. The molecule has 0 spiro atoms. The number of benzene rings is 1. The molecule has 0 saturated carbocycles. The summed E-state index contributed by atoms with van der Waals surface area (Å²) in [6.07, 6.45) is -0.124. The summed E-state index contributed by atoms with van der Waals surface area (Å²) in [4.78, 5) is 12.0. The van der Waals surface area contributed by atoms with Gasteiger partial charge in [-0.1, -0.05) is 15.9 Å². The molecule has 5 nitrogen and oxygen atoms in total. The van der Waals surface area contributed by atoms with Crippen LogP contribution in [0.15, 0.2) is 16.6 Å². The molecule has 1 aromatic rings. The van der Waals surface area contributed by atoms with Gasteiger partial charge < -0.3 is 20.9 Å². The summed E-state index contributed by atoms with van der Waals surface area (Å²) in [6.45, 7) is 2.45. The normalized spacial score (nSPS) is 12.2. The molecule has 1 atom stereocenters. The van der Waals surface area contributed by atoms with Crippen molar-refractivity contribution in [1.82, 2.24) is 5.32 Å². The van der Waals surface area contributed by atoms with Crippen molar-refractivity contribution in [2.75, 3.05) is 26.0 Å². The SMILES string of the molecule is COCC(O)CCNC(=O)c1cc(Br)cc(N)c1C. The van der Waals surface area contributed by atoms with E-state index in [0.717, 1.165) is 10.0 Å². The Labute approximate surface area is 121 Å². The lowest BCUT2D eigenvalue weighted by Gasteiger charge is -2.12. The Hall–Kier alpha value is -1.11. The van der Waals surface area contributed by atoms with Crippen LogP contribution < -0.4 is 11.1 Å². The number of aliphatic hydroxyl groups excluding tert-OH is 1. The highest BCUT2D eigenvalue weighted by molar-refractivity contribution is 9.10. The van der Waals surface area contributed by atoms with Crippen LogP contribution in [0.5, 0.6) is 0 Å². The molecule has 1 aromatic carbocycles. The molecule has 0 aliphatic heterocycles. The van der Waals surface area contributed by atoms with Gasteiger partial charge in [-0.05, 0) is 31.0 Å². The second kappa shape index (κ2) is 7.47. The third-order valence-corrected chi connectivity index (χ3v) is 3.24. The van der Waals surface area contributed by atoms with Gasteiger partial charge in [0, 0.05) is 29.4 Å². The zero-order chi connectivity index (χ0) is 14.4. The van der Waals surface area contributed by atoms with Gasteiger partial charge in [-0.15, -0.1) is 0 Å². The summed E-state index contributed by atoms with van der Waals surface area (Å²) in [5.74, 6) is -0.199. The van der Waals surface area contributed by atoms with Crippen molar-refractivity contribution in [2.24, 2.45) is 0 Å². The number of ether oxygens (including phenoxy) is 1. The zero-order valence-electron chi connectivity index (χ0n) is 11.1. The number of carbonyl (C=O) groups is 1. The molecular weight excluding hydrogens is 312 g/mol. The van der Waals surface area contributed by atoms with E-state index in [1.807, 2.05) is 0 Å². The number of methoxy groups -OCH3 is 1. The first kappa shape index (κ1) is 15.9. The Morgan fingerprint density at radius 1 is 1.58 bits per heavy atom. The second-order valence-corrected chi connectivity index (χ2v) is 5.24. The molecule has 1 amide bonds. The van der Waals surface area contributed by atoms with Gasteiger partial charge in [-0.2, -0.15) is 0 Å². The van der Waals surface area contributed by atoms with E-state index in [-0.39, 0.29) is 12.5 Å². The molecule has 0 aromatic heterocycles. The van der Waals surface area contributed by atoms with E-state index < -0.39 is 6.10 Å². The summed E-state index contributed by atoms with van der Waals surface area (Å²) < 4.78 is 5.57. The summed E-state index contributed by atoms with van der Waals surface area (Å²) >= 11 is 3.31. The first-order chi connectivity index (χ1) is 8.95. The highest BCUT2D eigenvalue weighted by Gasteiger charge is 2.12. The maximum absolute atomic E-state index is 12.0. The molecule has 0 radical (unpaired) electrons. The highest BCUT2D eigenvalue weighted by atomic mass is 79.9. The highest BCUT2D eigenvalue weighted by Crippen LogP contribution is 2.22. The molecule has 1 unspecified atom stereocenters. The topological polar surface area (TPSA) is 84.6 Å². The van der Waals surface area contributed by atoms with Crippen LogP contribution in [-0.2, 0) is 4.74 Å². The van der Waals surface area contributed by atoms with Crippen molar-refractivity contribution >= 4 is 27.5 Å². The third kappa shape index (κ3) is 4.81.